The molecule has 0 radical (unpaired) electrons. The summed E-state index contributed by atoms with van der Waals surface area (Å²) in [5.41, 5.74) is -1.44. The number of carboxylic acids is 1. The van der Waals surface area contributed by atoms with Crippen molar-refractivity contribution in [3.05, 3.63) is 11.6 Å². The van der Waals surface area contributed by atoms with Gasteiger partial charge in [-0.3, -0.25) is 0 Å². The van der Waals surface area contributed by atoms with Crippen LogP contribution in [0.1, 0.15) is 107 Å². The van der Waals surface area contributed by atoms with Gasteiger partial charge in [0.2, 0.25) is 0 Å². The van der Waals surface area contributed by atoms with E-state index in [9.17, 15) is 66.1 Å². The van der Waals surface area contributed by atoms with Crippen molar-refractivity contribution in [2.24, 2.45) is 50.2 Å². The molecule has 7 fully saturated rings. The maximum absolute atomic E-state index is 12.5. The largest absolute Gasteiger partial charge is 0.479 e. The lowest BCUT2D eigenvalue weighted by Gasteiger charge is -2.72. The second-order valence-electron chi connectivity index (χ2n) is 23.7. The standard InChI is InChI=1S/C48H78O19/c1-20-29(53)31(55)35(59)40(62-20)66-37-32(56)30(54)23(18-49)63-41(37)67-38-34(58)33(57)36(39(60)61)65-42(38)64-28-12-13-44(4)24(45(28,5)19-50)11-14-46(6)25(44)10-9-21-22-15-43(2,3)16-26(51)48(22,8)27(52)17-47(21,46)7/h9,20,22-38,40-42,49-59H,10-19H2,1-8H3,(H,60,61)/t20-,22?,23+,24?,25?,26+,27-,28-,29-,30+,31+,32-,33-,34-,35+,36-,37+,38+,40-,41-,42+,44-,45+,46+,47+,48+/m0/s1. The molecule has 3 unspecified atom stereocenters. The van der Waals surface area contributed by atoms with Crippen LogP contribution in [0.4, 0.5) is 0 Å². The lowest BCUT2D eigenvalue weighted by Crippen LogP contribution is -2.69. The predicted molar refractivity (Wildman–Crippen MR) is 232 cm³/mol. The van der Waals surface area contributed by atoms with Gasteiger partial charge in [0.25, 0.3) is 0 Å². The van der Waals surface area contributed by atoms with Crippen LogP contribution in [0, 0.1) is 50.2 Å². The van der Waals surface area contributed by atoms with Gasteiger partial charge in [-0.2, -0.15) is 0 Å². The molecule has 8 aliphatic rings. The average molecular weight is 959 g/mol. The van der Waals surface area contributed by atoms with Crippen molar-refractivity contribution < 1.29 is 94.5 Å². The minimum absolute atomic E-state index is 0.00539. The Bertz CT molecular complexity index is 1850. The number of aliphatic carboxylic acids is 1. The number of allylic oxidation sites excluding steroid dienone is 2. The number of ether oxygens (including phenoxy) is 6. The Morgan fingerprint density at radius 2 is 1.28 bits per heavy atom. The van der Waals surface area contributed by atoms with E-state index in [1.807, 2.05) is 6.92 Å². The number of fused-ring (bicyclic) bond motifs is 7. The van der Waals surface area contributed by atoms with Gasteiger partial charge in [0, 0.05) is 10.8 Å². The molecule has 19 nitrogen and oxygen atoms in total. The molecular formula is C48H78O19. The lowest BCUT2D eigenvalue weighted by atomic mass is 9.33. The van der Waals surface area contributed by atoms with Gasteiger partial charge in [-0.1, -0.05) is 60.1 Å². The van der Waals surface area contributed by atoms with Crippen LogP contribution in [-0.2, 0) is 33.2 Å². The first-order valence-corrected chi connectivity index (χ1v) is 24.4. The number of aliphatic hydroxyl groups is 11. The highest BCUT2D eigenvalue weighted by molar-refractivity contribution is 5.73. The molecule has 0 aromatic heterocycles. The van der Waals surface area contributed by atoms with Crippen LogP contribution in [0.15, 0.2) is 11.6 Å². The maximum atomic E-state index is 12.5. The molecular weight excluding hydrogens is 881 g/mol. The topological polar surface area (TPSA) is 315 Å². The van der Waals surface area contributed by atoms with Crippen LogP contribution in [0.2, 0.25) is 0 Å². The van der Waals surface area contributed by atoms with Crippen molar-refractivity contribution in [1.29, 1.82) is 0 Å². The van der Waals surface area contributed by atoms with Crippen molar-refractivity contribution in [2.45, 2.75) is 217 Å². The molecule has 8 rings (SSSR count). The van der Waals surface area contributed by atoms with E-state index in [1.165, 1.54) is 12.5 Å². The van der Waals surface area contributed by atoms with Gasteiger partial charge in [0.05, 0.1) is 37.6 Å². The van der Waals surface area contributed by atoms with E-state index in [0.717, 1.165) is 19.3 Å². The monoisotopic (exact) mass is 959 g/mol. The van der Waals surface area contributed by atoms with Crippen LogP contribution in [-0.4, -0.2) is 191 Å². The Kier molecular flexibility index (Phi) is 13.9. The summed E-state index contributed by atoms with van der Waals surface area (Å²) in [4.78, 5) is 12.5. The van der Waals surface area contributed by atoms with Crippen LogP contribution in [0.25, 0.3) is 0 Å². The molecule has 384 valence electrons. The highest BCUT2D eigenvalue weighted by atomic mass is 16.8. The summed E-state index contributed by atoms with van der Waals surface area (Å²) in [5, 5.41) is 132. The predicted octanol–water partition coefficient (Wildman–Crippen LogP) is -0.325. The molecule has 0 aromatic rings. The molecule has 3 heterocycles. The molecule has 12 N–H and O–H groups in total. The van der Waals surface area contributed by atoms with Crippen molar-refractivity contribution in [3.8, 4) is 0 Å². The summed E-state index contributed by atoms with van der Waals surface area (Å²) >= 11 is 0. The van der Waals surface area contributed by atoms with E-state index < -0.39 is 134 Å². The summed E-state index contributed by atoms with van der Waals surface area (Å²) < 4.78 is 36.1. The molecule has 5 aliphatic carbocycles. The Labute approximate surface area is 392 Å². The van der Waals surface area contributed by atoms with Gasteiger partial charge < -0.3 is 89.7 Å². The van der Waals surface area contributed by atoms with E-state index in [2.05, 4.69) is 47.6 Å². The van der Waals surface area contributed by atoms with Crippen molar-refractivity contribution in [3.63, 3.8) is 0 Å². The Morgan fingerprint density at radius 3 is 1.91 bits per heavy atom. The van der Waals surface area contributed by atoms with E-state index in [0.29, 0.717) is 32.1 Å². The maximum Gasteiger partial charge on any atom is 0.335 e. The minimum atomic E-state index is -2.09. The van der Waals surface area contributed by atoms with Crippen LogP contribution in [0.3, 0.4) is 0 Å². The Balaban J connectivity index is 1.08. The molecule has 26 atom stereocenters. The molecule has 67 heavy (non-hydrogen) atoms. The van der Waals surface area contributed by atoms with Gasteiger partial charge in [-0.15, -0.1) is 0 Å². The van der Waals surface area contributed by atoms with Crippen molar-refractivity contribution in [1.82, 2.24) is 0 Å². The van der Waals surface area contributed by atoms with Crippen LogP contribution >= 0.6 is 0 Å². The molecule has 0 amide bonds. The second kappa shape index (κ2) is 17.9. The summed E-state index contributed by atoms with van der Waals surface area (Å²) in [6, 6.07) is 0. The number of rotatable bonds is 9. The molecule has 19 heteroatoms. The first kappa shape index (κ1) is 51.9. The number of hydrogen-bond acceptors (Lipinski definition) is 18. The summed E-state index contributed by atoms with van der Waals surface area (Å²) in [5.74, 6) is -1.64. The molecule has 0 aromatic carbocycles. The first-order valence-electron chi connectivity index (χ1n) is 24.4. The average Bonchev–Trinajstić information content (AvgIpc) is 3.26. The third-order valence-electron chi connectivity index (χ3n) is 19.6. The van der Waals surface area contributed by atoms with Gasteiger partial charge in [0.1, 0.15) is 61.0 Å². The summed E-state index contributed by atoms with van der Waals surface area (Å²) in [7, 11) is 0. The molecule has 3 aliphatic heterocycles. The van der Waals surface area contributed by atoms with Crippen LogP contribution < -0.4 is 0 Å². The number of carbonyl (C=O) groups is 1. The zero-order valence-corrected chi connectivity index (χ0v) is 40.0. The summed E-state index contributed by atoms with van der Waals surface area (Å²) in [6.45, 7) is 15.5. The lowest BCUT2D eigenvalue weighted by molar-refractivity contribution is -0.396. The van der Waals surface area contributed by atoms with E-state index in [-0.39, 0.29) is 46.0 Å². The van der Waals surface area contributed by atoms with Crippen molar-refractivity contribution in [2.75, 3.05) is 13.2 Å². The number of aliphatic hydroxyl groups excluding tert-OH is 11. The second-order valence-corrected chi connectivity index (χ2v) is 23.7. The zero-order valence-electron chi connectivity index (χ0n) is 40.0. The fourth-order valence-corrected chi connectivity index (χ4v) is 15.2. The quantitative estimate of drug-likeness (QED) is 0.104. The fraction of sp³-hybridized carbons (Fsp3) is 0.938. The number of carboxylic acid groups (broad SMARTS) is 1. The van der Waals surface area contributed by atoms with Crippen molar-refractivity contribution >= 4 is 5.97 Å². The third-order valence-corrected chi connectivity index (χ3v) is 19.6. The fourth-order valence-electron chi connectivity index (χ4n) is 15.2. The molecule has 3 saturated heterocycles. The number of hydrogen-bond donors (Lipinski definition) is 12. The highest BCUT2D eigenvalue weighted by Crippen LogP contribution is 2.76. The SMILES string of the molecule is C[C@@H]1O[C@@H](O[C@H]2[C@H](O[C@H]3[C@H](O[C@H]4CC[C@@]5(C)C(CC[C@]6(C)C5CC=C5C7CC(C)(C)C[C@@H](O)[C@]7(C)[C@@H](O)C[C@]56C)[C@@]4(C)CO)O[C@H](C(=O)O)[C@@H](O)[C@@H]3O)O[C@H](CO)[C@@H](O)[C@@H]2O)[C@H](O)[C@H](O)[C@H]1O. The van der Waals surface area contributed by atoms with Gasteiger partial charge >= 0.3 is 5.97 Å². The van der Waals surface area contributed by atoms with Gasteiger partial charge in [0.15, 0.2) is 25.0 Å². The van der Waals surface area contributed by atoms with E-state index in [4.69, 9.17) is 28.4 Å². The Hall–Kier alpha value is -1.47. The molecule has 0 bridgehead atoms. The van der Waals surface area contributed by atoms with Crippen LogP contribution in [0.5, 0.6) is 0 Å². The summed E-state index contributed by atoms with van der Waals surface area (Å²) in [6.07, 6.45) is -21.1. The molecule has 0 spiro atoms. The highest BCUT2D eigenvalue weighted by Gasteiger charge is 2.71. The van der Waals surface area contributed by atoms with E-state index in [1.54, 1.807) is 0 Å². The smallest absolute Gasteiger partial charge is 0.335 e. The zero-order chi connectivity index (χ0) is 49.3. The normalized spacial score (nSPS) is 56.4. The minimum Gasteiger partial charge on any atom is -0.479 e. The Morgan fingerprint density at radius 1 is 0.672 bits per heavy atom. The third kappa shape index (κ3) is 7.92. The van der Waals surface area contributed by atoms with E-state index >= 15 is 0 Å². The first-order chi connectivity index (χ1) is 31.1. The van der Waals surface area contributed by atoms with Gasteiger partial charge in [-0.25, -0.2) is 4.79 Å². The van der Waals surface area contributed by atoms with Gasteiger partial charge in [-0.05, 0) is 97.7 Å². The molecule has 4 saturated carbocycles.